The molecule has 0 atom stereocenters. The molecule has 0 unspecified atom stereocenters. The van der Waals surface area contributed by atoms with Crippen molar-refractivity contribution in [3.05, 3.63) is 85.3 Å². The molecule has 1 aromatic heterocycles. The summed E-state index contributed by atoms with van der Waals surface area (Å²) in [4.78, 5) is 23.3. The molecule has 0 aliphatic carbocycles. The van der Waals surface area contributed by atoms with Crippen molar-refractivity contribution in [2.24, 2.45) is 0 Å². The Bertz CT molecular complexity index is 1420. The molecule has 0 spiro atoms. The van der Waals surface area contributed by atoms with Gasteiger partial charge in [-0.25, -0.2) is 14.4 Å². The molecule has 0 radical (unpaired) electrons. The van der Waals surface area contributed by atoms with E-state index in [0.717, 1.165) is 29.6 Å². The number of nitrogens with zero attached hydrogens (tertiary/aromatic N) is 3. The number of nitrogens with one attached hydrogen (secondary N) is 2. The van der Waals surface area contributed by atoms with Crippen LogP contribution in [0.25, 0.3) is 22.0 Å². The number of carbonyl (C=O) groups is 1. The Morgan fingerprint density at radius 3 is 2.77 bits per heavy atom. The molecule has 0 bridgehead atoms. The molecule has 1 amide bonds. The van der Waals surface area contributed by atoms with Gasteiger partial charge in [-0.3, -0.25) is 9.69 Å². The van der Waals surface area contributed by atoms with Gasteiger partial charge in [0.15, 0.2) is 0 Å². The lowest BCUT2D eigenvalue weighted by Gasteiger charge is -2.36. The van der Waals surface area contributed by atoms with Gasteiger partial charge in [-0.2, -0.15) is 0 Å². The Balaban J connectivity index is 1.45. The van der Waals surface area contributed by atoms with Gasteiger partial charge in [0.05, 0.1) is 11.2 Å². The minimum absolute atomic E-state index is 0.0725. The second-order valence-corrected chi connectivity index (χ2v) is 8.44. The zero-order valence-electron chi connectivity index (χ0n) is 19.2. The summed E-state index contributed by atoms with van der Waals surface area (Å²) < 4.78 is 19.9. The molecule has 5 rings (SSSR count). The van der Waals surface area contributed by atoms with Crippen LogP contribution in [0.2, 0.25) is 0 Å². The van der Waals surface area contributed by atoms with Crippen molar-refractivity contribution < 1.29 is 13.9 Å². The number of aromatic nitrogens is 2. The van der Waals surface area contributed by atoms with Crippen LogP contribution in [0.15, 0.2) is 79.5 Å². The fourth-order valence-corrected chi connectivity index (χ4v) is 4.02. The fourth-order valence-electron chi connectivity index (χ4n) is 4.02. The summed E-state index contributed by atoms with van der Waals surface area (Å²) in [7, 11) is 2.02. The van der Waals surface area contributed by atoms with Crippen LogP contribution in [-0.2, 0) is 4.79 Å². The van der Waals surface area contributed by atoms with Crippen LogP contribution in [0.1, 0.15) is 0 Å². The first-order valence-electron chi connectivity index (χ1n) is 11.2. The summed E-state index contributed by atoms with van der Waals surface area (Å²) in [5.74, 6) is 0.310. The van der Waals surface area contributed by atoms with Crippen LogP contribution < -0.4 is 15.4 Å². The van der Waals surface area contributed by atoms with E-state index in [0.29, 0.717) is 28.6 Å². The van der Waals surface area contributed by atoms with Gasteiger partial charge >= 0.3 is 0 Å². The Labute approximate surface area is 202 Å². The van der Waals surface area contributed by atoms with Gasteiger partial charge in [0.1, 0.15) is 17.7 Å². The summed E-state index contributed by atoms with van der Waals surface area (Å²) >= 11 is 0. The zero-order valence-corrected chi connectivity index (χ0v) is 19.2. The number of carbonyl (C=O) groups excluding carboxylic acids is 1. The van der Waals surface area contributed by atoms with E-state index in [1.54, 1.807) is 24.4 Å². The molecule has 0 saturated carbocycles. The molecule has 7 nitrogen and oxygen atoms in total. The number of amides is 1. The number of halogens is 1. The van der Waals surface area contributed by atoms with Crippen molar-refractivity contribution in [3.63, 3.8) is 0 Å². The average Bonchev–Trinajstić information content (AvgIpc) is 2.84. The lowest BCUT2D eigenvalue weighted by atomic mass is 10.0. The van der Waals surface area contributed by atoms with Gasteiger partial charge in [0.2, 0.25) is 11.9 Å². The Hall–Kier alpha value is -4.30. The molecule has 1 fully saturated rings. The highest BCUT2D eigenvalue weighted by molar-refractivity contribution is 6.00. The molecule has 35 heavy (non-hydrogen) atoms. The van der Waals surface area contributed by atoms with Gasteiger partial charge in [0, 0.05) is 35.9 Å². The smallest absolute Gasteiger partial charge is 0.247 e. The predicted octanol–water partition coefficient (Wildman–Crippen LogP) is 5.00. The van der Waals surface area contributed by atoms with E-state index >= 15 is 0 Å². The first-order valence-corrected chi connectivity index (χ1v) is 11.2. The molecule has 3 aromatic carbocycles. The third-order valence-electron chi connectivity index (χ3n) is 5.75. The minimum Gasteiger partial charge on any atom is -0.486 e. The molecular formula is C27H24FN5O2. The second-order valence-electron chi connectivity index (χ2n) is 8.44. The molecule has 2 N–H and O–H groups in total. The SMILES string of the molecule is C=CC(=O)Nc1cc(Nc2ncc3cccc(-c4cccc(F)c4)c3n2)ccc1OC1CN(C)C1. The maximum Gasteiger partial charge on any atom is 0.247 e. The summed E-state index contributed by atoms with van der Waals surface area (Å²) in [6.07, 6.45) is 3.00. The Morgan fingerprint density at radius 2 is 2.00 bits per heavy atom. The number of likely N-dealkylation sites (N-methyl/N-ethyl adjacent to an activating group) is 1. The lowest BCUT2D eigenvalue weighted by Crippen LogP contribution is -2.51. The lowest BCUT2D eigenvalue weighted by molar-refractivity contribution is -0.111. The minimum atomic E-state index is -0.334. The molecule has 8 heteroatoms. The van der Waals surface area contributed by atoms with Crippen LogP contribution in [0, 0.1) is 5.82 Å². The number of anilines is 3. The van der Waals surface area contributed by atoms with Gasteiger partial charge in [0.25, 0.3) is 0 Å². The summed E-state index contributed by atoms with van der Waals surface area (Å²) in [5, 5.41) is 6.84. The van der Waals surface area contributed by atoms with Gasteiger partial charge in [-0.15, -0.1) is 0 Å². The second kappa shape index (κ2) is 9.52. The number of para-hydroxylation sites is 1. The van der Waals surface area contributed by atoms with E-state index in [1.165, 1.54) is 18.2 Å². The average molecular weight is 470 g/mol. The molecule has 2 heterocycles. The maximum absolute atomic E-state index is 13.8. The Morgan fingerprint density at radius 1 is 1.17 bits per heavy atom. The number of fused-ring (bicyclic) bond motifs is 1. The summed E-state index contributed by atoms with van der Waals surface area (Å²) in [6.45, 7) is 5.18. The van der Waals surface area contributed by atoms with Crippen molar-refractivity contribution >= 4 is 34.1 Å². The predicted molar refractivity (Wildman–Crippen MR) is 135 cm³/mol. The van der Waals surface area contributed by atoms with Crippen LogP contribution in [-0.4, -0.2) is 47.0 Å². The monoisotopic (exact) mass is 469 g/mol. The molecule has 1 aliphatic heterocycles. The number of likely N-dealkylation sites (tertiary alicyclic amines) is 1. The molecule has 4 aromatic rings. The third kappa shape index (κ3) is 4.97. The number of rotatable bonds is 7. The van der Waals surface area contributed by atoms with Crippen molar-refractivity contribution in [1.82, 2.24) is 14.9 Å². The van der Waals surface area contributed by atoms with E-state index in [2.05, 4.69) is 27.1 Å². The highest BCUT2D eigenvalue weighted by Gasteiger charge is 2.26. The standard InChI is InChI=1S/C27H24FN5O2/c1-3-25(34)31-23-13-20(10-11-24(23)35-21-15-33(2)16-21)30-27-29-14-18-7-5-9-22(26(18)32-27)17-6-4-8-19(28)12-17/h3-14,21H,1,15-16H2,2H3,(H,31,34)(H,29,30,32). The maximum atomic E-state index is 13.8. The molecule has 1 saturated heterocycles. The van der Waals surface area contributed by atoms with E-state index in [9.17, 15) is 9.18 Å². The van der Waals surface area contributed by atoms with Crippen LogP contribution >= 0.6 is 0 Å². The van der Waals surface area contributed by atoms with Crippen molar-refractivity contribution in [2.75, 3.05) is 30.8 Å². The molecular weight excluding hydrogens is 445 g/mol. The molecule has 1 aliphatic rings. The largest absolute Gasteiger partial charge is 0.486 e. The van der Waals surface area contributed by atoms with Gasteiger partial charge in [-0.1, -0.05) is 36.9 Å². The van der Waals surface area contributed by atoms with Crippen molar-refractivity contribution in [2.45, 2.75) is 6.10 Å². The van der Waals surface area contributed by atoms with Crippen LogP contribution in [0.4, 0.5) is 21.7 Å². The zero-order chi connectivity index (χ0) is 24.4. The Kier molecular flexibility index (Phi) is 6.12. The quantitative estimate of drug-likeness (QED) is 0.371. The first-order chi connectivity index (χ1) is 17.0. The third-order valence-corrected chi connectivity index (χ3v) is 5.75. The molecule has 176 valence electrons. The van der Waals surface area contributed by atoms with Crippen molar-refractivity contribution in [1.29, 1.82) is 0 Å². The van der Waals surface area contributed by atoms with Gasteiger partial charge < -0.3 is 15.4 Å². The number of benzene rings is 3. The van der Waals surface area contributed by atoms with Crippen LogP contribution in [0.3, 0.4) is 0 Å². The van der Waals surface area contributed by atoms with E-state index in [-0.39, 0.29) is 17.8 Å². The number of ether oxygens (including phenoxy) is 1. The fraction of sp³-hybridized carbons (Fsp3) is 0.148. The number of hydrogen-bond acceptors (Lipinski definition) is 6. The highest BCUT2D eigenvalue weighted by atomic mass is 19.1. The summed E-state index contributed by atoms with van der Waals surface area (Å²) in [6, 6.07) is 17.5. The van der Waals surface area contributed by atoms with Crippen molar-refractivity contribution in [3.8, 4) is 16.9 Å². The first kappa shape index (κ1) is 22.5. The highest BCUT2D eigenvalue weighted by Crippen LogP contribution is 2.32. The normalized spacial score (nSPS) is 13.8. The number of hydrogen-bond donors (Lipinski definition) is 2. The van der Waals surface area contributed by atoms with Gasteiger partial charge in [-0.05, 0) is 49.0 Å². The summed E-state index contributed by atoms with van der Waals surface area (Å²) in [5.41, 5.74) is 3.43. The van der Waals surface area contributed by atoms with E-state index < -0.39 is 0 Å². The topological polar surface area (TPSA) is 79.4 Å². The van der Waals surface area contributed by atoms with Crippen LogP contribution in [0.5, 0.6) is 5.75 Å². The van der Waals surface area contributed by atoms with E-state index in [4.69, 9.17) is 9.72 Å². The van der Waals surface area contributed by atoms with E-state index in [1.807, 2.05) is 37.4 Å².